The smallest absolute Gasteiger partial charge is 0.455 e. The van der Waals surface area contributed by atoms with Gasteiger partial charge in [0, 0.05) is 0 Å². The summed E-state index contributed by atoms with van der Waals surface area (Å²) in [5.74, 6) is -0.136. The molecule has 38 heavy (non-hydrogen) atoms. The van der Waals surface area contributed by atoms with Crippen molar-refractivity contribution in [1.82, 2.24) is 0 Å². The van der Waals surface area contributed by atoms with Crippen LogP contribution in [0.4, 0.5) is 5.69 Å². The highest BCUT2D eigenvalue weighted by atomic mass is 16.5. The van der Waals surface area contributed by atoms with Gasteiger partial charge in [0.25, 0.3) is 0 Å². The number of nitrogens with zero attached hydrogens (tertiary/aromatic N) is 1. The van der Waals surface area contributed by atoms with E-state index < -0.39 is 19.0 Å². The molecule has 3 aliphatic rings. The van der Waals surface area contributed by atoms with Crippen LogP contribution in [0.15, 0.2) is 63.6 Å². The molecule has 0 bridgehead atoms. The number of hydrogen-bond donors (Lipinski definition) is 2. The molecule has 200 valence electrons. The lowest BCUT2D eigenvalue weighted by Gasteiger charge is -2.43. The lowest BCUT2D eigenvalue weighted by molar-refractivity contribution is -0.122. The predicted octanol–water partition coefficient (Wildman–Crippen LogP) is 5.15. The highest BCUT2D eigenvalue weighted by molar-refractivity contribution is 6.43. The van der Waals surface area contributed by atoms with E-state index in [0.717, 1.165) is 31.3 Å². The molecule has 0 unspecified atom stereocenters. The lowest BCUT2D eigenvalue weighted by Crippen LogP contribution is -2.46. The summed E-state index contributed by atoms with van der Waals surface area (Å²) in [6.07, 6.45) is 6.64. The van der Waals surface area contributed by atoms with E-state index in [2.05, 4.69) is 13.8 Å². The molecule has 2 amide bonds. The number of hydrogen-bond acceptors (Lipinski definition) is 6. The molecular formula is C30H36BNO6. The largest absolute Gasteiger partial charge is 0.459 e. The minimum atomic E-state index is -0.977. The maximum absolute atomic E-state index is 13.7. The number of amides is 2. The van der Waals surface area contributed by atoms with Crippen LogP contribution in [0.3, 0.4) is 0 Å². The Morgan fingerprint density at radius 2 is 1.89 bits per heavy atom. The van der Waals surface area contributed by atoms with Crippen molar-refractivity contribution in [3.05, 3.63) is 70.7 Å². The Bertz CT molecular complexity index is 1230. The first kappa shape index (κ1) is 26.7. The number of aliphatic hydroxyl groups excluding tert-OH is 1. The van der Waals surface area contributed by atoms with Crippen LogP contribution in [0, 0.1) is 17.8 Å². The Labute approximate surface area is 224 Å². The molecule has 4 atom stereocenters. The van der Waals surface area contributed by atoms with Crippen LogP contribution in [0.2, 0.25) is 6.32 Å². The molecule has 3 heterocycles. The molecule has 5 rings (SSSR count). The molecule has 0 radical (unpaired) electrons. The SMILES string of the molecule is CCCC1=C2[C@@H](CC/C(=C/c3ccc(CO)o3)CC)OB(O)C[C@@H]2[C@@H]2C(=O)N(c3ccccc3)C(=O)[C@@H]2C1. The van der Waals surface area contributed by atoms with Gasteiger partial charge in [-0.25, -0.2) is 0 Å². The van der Waals surface area contributed by atoms with Crippen LogP contribution in [0.25, 0.3) is 6.08 Å². The van der Waals surface area contributed by atoms with Gasteiger partial charge in [-0.05, 0) is 80.3 Å². The lowest BCUT2D eigenvalue weighted by atomic mass is 9.58. The van der Waals surface area contributed by atoms with Crippen LogP contribution in [-0.4, -0.2) is 35.2 Å². The first-order chi connectivity index (χ1) is 18.4. The normalized spacial score (nSPS) is 25.7. The molecule has 7 nitrogen and oxygen atoms in total. The number of fused-ring (bicyclic) bond motifs is 3. The summed E-state index contributed by atoms with van der Waals surface area (Å²) in [4.78, 5) is 28.7. The summed E-state index contributed by atoms with van der Waals surface area (Å²) in [7, 11) is -0.977. The van der Waals surface area contributed by atoms with Crippen molar-refractivity contribution in [3.8, 4) is 0 Å². The van der Waals surface area contributed by atoms with Crippen molar-refractivity contribution < 1.29 is 28.8 Å². The fourth-order valence-electron chi connectivity index (χ4n) is 6.56. The number of allylic oxidation sites excluding steroid dienone is 2. The Morgan fingerprint density at radius 3 is 2.58 bits per heavy atom. The standard InChI is InChI=1S/C30H36BNO6/c1-3-8-20-16-24-28(30(35)32(29(24)34)21-9-6-5-7-10-21)25-17-31(36)38-26(27(20)25)14-11-19(4-2)15-22-12-13-23(18-33)37-22/h5-7,9-10,12-13,15,24-26,28,33,36H,3-4,8,11,14,16-18H2,1-2H3/b19-15+/t24-,25+,26-,28-/m1/s1. The van der Waals surface area contributed by atoms with Crippen LogP contribution in [0.1, 0.15) is 63.9 Å². The second-order valence-electron chi connectivity index (χ2n) is 10.6. The third-order valence-electron chi connectivity index (χ3n) is 8.24. The Kier molecular flexibility index (Phi) is 8.02. The van der Waals surface area contributed by atoms with E-state index in [1.54, 1.807) is 18.2 Å². The minimum Gasteiger partial charge on any atom is -0.459 e. The first-order valence-corrected chi connectivity index (χ1v) is 13.8. The van der Waals surface area contributed by atoms with E-state index in [-0.39, 0.29) is 30.4 Å². The fraction of sp³-hybridized carbons (Fsp3) is 0.467. The van der Waals surface area contributed by atoms with Crippen LogP contribution in [-0.2, 0) is 20.9 Å². The van der Waals surface area contributed by atoms with Gasteiger partial charge in [-0.3, -0.25) is 14.5 Å². The Hall–Kier alpha value is -2.94. The summed E-state index contributed by atoms with van der Waals surface area (Å²) in [5, 5.41) is 20.1. The van der Waals surface area contributed by atoms with E-state index >= 15 is 0 Å². The number of carbonyl (C=O) groups excluding carboxylic acids is 2. The summed E-state index contributed by atoms with van der Waals surface area (Å²) >= 11 is 0. The van der Waals surface area contributed by atoms with Gasteiger partial charge in [0.05, 0.1) is 23.6 Å². The Balaban J connectivity index is 1.43. The van der Waals surface area contributed by atoms with Gasteiger partial charge in [-0.2, -0.15) is 0 Å². The monoisotopic (exact) mass is 517 g/mol. The molecule has 2 N–H and O–H groups in total. The topological polar surface area (TPSA) is 100 Å². The second kappa shape index (κ2) is 11.4. The third-order valence-corrected chi connectivity index (χ3v) is 8.24. The number of imide groups is 1. The van der Waals surface area contributed by atoms with Crippen molar-refractivity contribution in [2.24, 2.45) is 17.8 Å². The number of benzene rings is 1. The second-order valence-corrected chi connectivity index (χ2v) is 10.6. The van der Waals surface area contributed by atoms with Gasteiger partial charge >= 0.3 is 7.12 Å². The first-order valence-electron chi connectivity index (χ1n) is 13.8. The number of rotatable bonds is 9. The molecule has 8 heteroatoms. The van der Waals surface area contributed by atoms with Gasteiger partial charge in [0.1, 0.15) is 18.1 Å². The summed E-state index contributed by atoms with van der Waals surface area (Å²) in [6, 6.07) is 12.8. The molecule has 0 saturated carbocycles. The van der Waals surface area contributed by atoms with Gasteiger partial charge in [0.15, 0.2) is 0 Å². The average molecular weight is 517 g/mol. The number of anilines is 1. The zero-order chi connectivity index (χ0) is 26.8. The van der Waals surface area contributed by atoms with E-state index in [1.165, 1.54) is 16.0 Å². The average Bonchev–Trinajstić information content (AvgIpc) is 3.48. The van der Waals surface area contributed by atoms with Crippen molar-refractivity contribution in [2.45, 2.75) is 71.4 Å². The van der Waals surface area contributed by atoms with Crippen LogP contribution in [0.5, 0.6) is 0 Å². The van der Waals surface area contributed by atoms with E-state index in [4.69, 9.17) is 9.07 Å². The van der Waals surface area contributed by atoms with Gasteiger partial charge in [-0.15, -0.1) is 0 Å². The van der Waals surface area contributed by atoms with Crippen molar-refractivity contribution in [3.63, 3.8) is 0 Å². The molecule has 2 fully saturated rings. The molecule has 1 aromatic heterocycles. The fourth-order valence-corrected chi connectivity index (χ4v) is 6.56. The number of furan rings is 1. The van der Waals surface area contributed by atoms with E-state index in [1.807, 2.05) is 30.3 Å². The molecular weight excluding hydrogens is 481 g/mol. The predicted molar refractivity (Wildman–Crippen MR) is 146 cm³/mol. The zero-order valence-electron chi connectivity index (χ0n) is 22.1. The van der Waals surface area contributed by atoms with Crippen molar-refractivity contribution in [1.29, 1.82) is 0 Å². The molecule has 1 aliphatic carbocycles. The summed E-state index contributed by atoms with van der Waals surface area (Å²) in [6.45, 7) is 4.08. The number of para-hydroxylation sites is 1. The van der Waals surface area contributed by atoms with Crippen molar-refractivity contribution in [2.75, 3.05) is 4.90 Å². The highest BCUT2D eigenvalue weighted by Crippen LogP contribution is 2.52. The minimum absolute atomic E-state index is 0.131. The van der Waals surface area contributed by atoms with Gasteiger partial charge < -0.3 is 19.2 Å². The van der Waals surface area contributed by atoms with Crippen LogP contribution < -0.4 is 4.90 Å². The zero-order valence-corrected chi connectivity index (χ0v) is 22.1. The molecule has 0 spiro atoms. The Morgan fingerprint density at radius 1 is 1.11 bits per heavy atom. The maximum Gasteiger partial charge on any atom is 0.455 e. The summed E-state index contributed by atoms with van der Waals surface area (Å²) in [5.41, 5.74) is 4.13. The third kappa shape index (κ3) is 5.05. The van der Waals surface area contributed by atoms with Crippen molar-refractivity contribution >= 4 is 30.7 Å². The van der Waals surface area contributed by atoms with E-state index in [9.17, 15) is 19.7 Å². The molecule has 2 aliphatic heterocycles. The number of aliphatic hydroxyl groups is 1. The molecule has 1 aromatic carbocycles. The molecule has 2 saturated heterocycles. The number of carbonyl (C=O) groups is 2. The van der Waals surface area contributed by atoms with E-state index in [0.29, 0.717) is 36.4 Å². The highest BCUT2D eigenvalue weighted by Gasteiger charge is 2.57. The summed E-state index contributed by atoms with van der Waals surface area (Å²) < 4.78 is 11.8. The van der Waals surface area contributed by atoms with Gasteiger partial charge in [-0.1, -0.05) is 49.6 Å². The van der Waals surface area contributed by atoms with Crippen LogP contribution >= 0.6 is 0 Å². The quantitative estimate of drug-likeness (QED) is 0.271. The maximum atomic E-state index is 13.7. The van der Waals surface area contributed by atoms with Gasteiger partial charge in [0.2, 0.25) is 11.8 Å². The molecule has 2 aromatic rings.